The lowest BCUT2D eigenvalue weighted by molar-refractivity contribution is 1.02. The Hall–Kier alpha value is -2.42. The van der Waals surface area contributed by atoms with Crippen LogP contribution in [0.2, 0.25) is 0 Å². The number of benzene rings is 2. The summed E-state index contributed by atoms with van der Waals surface area (Å²) in [6, 6.07) is 19.1. The van der Waals surface area contributed by atoms with Crippen LogP contribution in [0.25, 0.3) is 11.0 Å². The third kappa shape index (κ3) is 2.35. The smallest absolute Gasteiger partial charge is 0.148 e. The fraction of sp³-hybridized carbons (Fsp3) is 0.222. The highest BCUT2D eigenvalue weighted by Gasteiger charge is 2.38. The molecule has 0 spiro atoms. The number of nitrogens with zero attached hydrogens (tertiary/aromatic N) is 2. The maximum absolute atomic E-state index is 4.71. The Morgan fingerprint density at radius 2 is 1.57 bits per heavy atom. The van der Waals surface area contributed by atoms with Crippen molar-refractivity contribution in [1.29, 1.82) is 0 Å². The molecule has 2 unspecified atom stereocenters. The molecular formula is C18H17N3. The maximum Gasteiger partial charge on any atom is 0.148 e. The van der Waals surface area contributed by atoms with Crippen molar-refractivity contribution in [2.24, 2.45) is 0 Å². The Kier molecular flexibility index (Phi) is 2.85. The summed E-state index contributed by atoms with van der Waals surface area (Å²) in [6.07, 6.45) is 1.16. The average Bonchev–Trinajstić information content (AvgIpc) is 3.28. The summed E-state index contributed by atoms with van der Waals surface area (Å²) in [6.45, 7) is 2.02. The SMILES string of the molecule is Cc1nc2ccccc2nc1NC1CC1c1ccccc1. The predicted molar refractivity (Wildman–Crippen MR) is 85.5 cm³/mol. The Balaban J connectivity index is 1.57. The van der Waals surface area contributed by atoms with Crippen molar-refractivity contribution in [2.45, 2.75) is 25.3 Å². The summed E-state index contributed by atoms with van der Waals surface area (Å²) in [5.41, 5.74) is 4.27. The van der Waals surface area contributed by atoms with Crippen LogP contribution in [0.4, 0.5) is 5.82 Å². The minimum absolute atomic E-state index is 0.474. The summed E-state index contributed by atoms with van der Waals surface area (Å²) in [5.74, 6) is 1.51. The van der Waals surface area contributed by atoms with Gasteiger partial charge in [-0.05, 0) is 31.0 Å². The number of hydrogen-bond acceptors (Lipinski definition) is 3. The van der Waals surface area contributed by atoms with E-state index in [4.69, 9.17) is 4.98 Å². The molecule has 0 radical (unpaired) electrons. The predicted octanol–water partition coefficient (Wildman–Crippen LogP) is 3.91. The molecule has 3 heteroatoms. The van der Waals surface area contributed by atoms with Gasteiger partial charge >= 0.3 is 0 Å². The molecule has 1 heterocycles. The number of nitrogens with one attached hydrogen (secondary N) is 1. The number of aromatic nitrogens is 2. The molecule has 2 aromatic carbocycles. The van der Waals surface area contributed by atoms with Crippen molar-refractivity contribution >= 4 is 16.9 Å². The lowest BCUT2D eigenvalue weighted by atomic mass is 10.1. The van der Waals surface area contributed by atoms with Gasteiger partial charge in [-0.15, -0.1) is 0 Å². The van der Waals surface area contributed by atoms with E-state index in [0.717, 1.165) is 29.0 Å². The van der Waals surface area contributed by atoms with Crippen LogP contribution in [0.3, 0.4) is 0 Å². The van der Waals surface area contributed by atoms with E-state index >= 15 is 0 Å². The van der Waals surface area contributed by atoms with Crippen molar-refractivity contribution in [3.8, 4) is 0 Å². The minimum Gasteiger partial charge on any atom is -0.365 e. The van der Waals surface area contributed by atoms with E-state index in [9.17, 15) is 0 Å². The second-order valence-electron chi connectivity index (χ2n) is 5.65. The topological polar surface area (TPSA) is 37.8 Å². The molecule has 2 atom stereocenters. The standard InChI is InChI=1S/C18H17N3/c1-12-18(20-16-10-6-5-9-15(16)19-12)21-17-11-14(17)13-7-3-2-4-8-13/h2-10,14,17H,11H2,1H3,(H,20,21). The highest BCUT2D eigenvalue weighted by atomic mass is 15.1. The summed E-state index contributed by atoms with van der Waals surface area (Å²) in [5, 5.41) is 3.55. The van der Waals surface area contributed by atoms with Gasteiger partial charge in [0.05, 0.1) is 16.7 Å². The first-order chi connectivity index (χ1) is 10.3. The molecular weight excluding hydrogens is 258 g/mol. The summed E-state index contributed by atoms with van der Waals surface area (Å²) < 4.78 is 0. The fourth-order valence-corrected chi connectivity index (χ4v) is 2.82. The van der Waals surface area contributed by atoms with Crippen LogP contribution in [0, 0.1) is 6.92 Å². The molecule has 3 nitrogen and oxygen atoms in total. The van der Waals surface area contributed by atoms with Gasteiger partial charge < -0.3 is 5.32 Å². The second kappa shape index (κ2) is 4.85. The summed E-state index contributed by atoms with van der Waals surface area (Å²) in [7, 11) is 0. The van der Waals surface area contributed by atoms with Crippen molar-refractivity contribution in [1.82, 2.24) is 9.97 Å². The molecule has 4 rings (SSSR count). The Labute approximate surface area is 124 Å². The zero-order chi connectivity index (χ0) is 14.2. The Bertz CT molecular complexity index is 783. The Morgan fingerprint density at radius 3 is 2.33 bits per heavy atom. The number of fused-ring (bicyclic) bond motifs is 1. The van der Waals surface area contributed by atoms with E-state index in [1.165, 1.54) is 5.56 Å². The molecule has 104 valence electrons. The third-order valence-electron chi connectivity index (χ3n) is 4.09. The first-order valence-corrected chi connectivity index (χ1v) is 7.36. The summed E-state index contributed by atoms with van der Waals surface area (Å²) >= 11 is 0. The highest BCUT2D eigenvalue weighted by molar-refractivity contribution is 5.76. The molecule has 1 aromatic heterocycles. The van der Waals surface area contributed by atoms with Gasteiger partial charge in [0.2, 0.25) is 0 Å². The zero-order valence-electron chi connectivity index (χ0n) is 12.0. The number of aryl methyl sites for hydroxylation is 1. The molecule has 0 saturated heterocycles. The van der Waals surface area contributed by atoms with Gasteiger partial charge in [0, 0.05) is 12.0 Å². The number of hydrogen-bond donors (Lipinski definition) is 1. The Morgan fingerprint density at radius 1 is 0.905 bits per heavy atom. The molecule has 21 heavy (non-hydrogen) atoms. The van der Waals surface area contributed by atoms with E-state index in [1.54, 1.807) is 0 Å². The van der Waals surface area contributed by atoms with Gasteiger partial charge in [-0.1, -0.05) is 42.5 Å². The number of rotatable bonds is 3. The monoisotopic (exact) mass is 275 g/mol. The van der Waals surface area contributed by atoms with Gasteiger partial charge in [-0.2, -0.15) is 0 Å². The van der Waals surface area contributed by atoms with Crippen LogP contribution in [0.15, 0.2) is 54.6 Å². The largest absolute Gasteiger partial charge is 0.365 e. The average molecular weight is 275 g/mol. The van der Waals surface area contributed by atoms with Gasteiger partial charge in [-0.25, -0.2) is 9.97 Å². The first kappa shape index (κ1) is 12.3. The van der Waals surface area contributed by atoms with Crippen LogP contribution >= 0.6 is 0 Å². The van der Waals surface area contributed by atoms with Crippen LogP contribution in [-0.4, -0.2) is 16.0 Å². The molecule has 1 N–H and O–H groups in total. The van der Waals surface area contributed by atoms with Crippen LogP contribution in [0.5, 0.6) is 0 Å². The second-order valence-corrected chi connectivity index (χ2v) is 5.65. The first-order valence-electron chi connectivity index (χ1n) is 7.36. The van der Waals surface area contributed by atoms with E-state index in [2.05, 4.69) is 40.6 Å². The van der Waals surface area contributed by atoms with Gasteiger partial charge in [-0.3, -0.25) is 0 Å². The molecule has 0 aliphatic heterocycles. The van der Waals surface area contributed by atoms with Crippen molar-refractivity contribution in [3.63, 3.8) is 0 Å². The normalized spacial score (nSPS) is 20.4. The minimum atomic E-state index is 0.474. The van der Waals surface area contributed by atoms with Crippen molar-refractivity contribution in [3.05, 3.63) is 65.9 Å². The van der Waals surface area contributed by atoms with Crippen LogP contribution < -0.4 is 5.32 Å². The molecule has 3 aromatic rings. The zero-order valence-corrected chi connectivity index (χ0v) is 12.0. The molecule has 1 fully saturated rings. The number of anilines is 1. The van der Waals surface area contributed by atoms with E-state index in [1.807, 2.05) is 31.2 Å². The van der Waals surface area contributed by atoms with Crippen LogP contribution in [-0.2, 0) is 0 Å². The molecule has 1 aliphatic carbocycles. The van der Waals surface area contributed by atoms with Gasteiger partial charge in [0.1, 0.15) is 5.82 Å². The maximum atomic E-state index is 4.71. The van der Waals surface area contributed by atoms with Gasteiger partial charge in [0.15, 0.2) is 0 Å². The van der Waals surface area contributed by atoms with Gasteiger partial charge in [0.25, 0.3) is 0 Å². The molecule has 1 saturated carbocycles. The fourth-order valence-electron chi connectivity index (χ4n) is 2.82. The molecule has 1 aliphatic rings. The number of para-hydroxylation sites is 2. The quantitative estimate of drug-likeness (QED) is 0.787. The summed E-state index contributed by atoms with van der Waals surface area (Å²) in [4.78, 5) is 9.34. The van der Waals surface area contributed by atoms with E-state index < -0.39 is 0 Å². The third-order valence-corrected chi connectivity index (χ3v) is 4.09. The molecule has 0 amide bonds. The van der Waals surface area contributed by atoms with Crippen LogP contribution in [0.1, 0.15) is 23.6 Å². The van der Waals surface area contributed by atoms with E-state index in [0.29, 0.717) is 12.0 Å². The lowest BCUT2D eigenvalue weighted by Crippen LogP contribution is -2.08. The molecule has 0 bridgehead atoms. The van der Waals surface area contributed by atoms with Crippen molar-refractivity contribution < 1.29 is 0 Å². The lowest BCUT2D eigenvalue weighted by Gasteiger charge is -2.09. The highest BCUT2D eigenvalue weighted by Crippen LogP contribution is 2.42. The van der Waals surface area contributed by atoms with E-state index in [-0.39, 0.29) is 0 Å². The van der Waals surface area contributed by atoms with Crippen molar-refractivity contribution in [2.75, 3.05) is 5.32 Å².